The number of benzene rings is 2. The molecule has 2 aromatic carbocycles. The van der Waals surface area contributed by atoms with Gasteiger partial charge >= 0.3 is 0 Å². The molecule has 38 heavy (non-hydrogen) atoms. The largest absolute Gasteiger partial charge is 0.493 e. The van der Waals surface area contributed by atoms with Crippen molar-refractivity contribution in [3.05, 3.63) is 63.0 Å². The van der Waals surface area contributed by atoms with Crippen molar-refractivity contribution in [2.24, 2.45) is 23.2 Å². The summed E-state index contributed by atoms with van der Waals surface area (Å²) < 4.78 is 12.7. The maximum atomic E-state index is 13.5. The van der Waals surface area contributed by atoms with Crippen LogP contribution in [0.1, 0.15) is 49.7 Å². The fourth-order valence-electron chi connectivity index (χ4n) is 7.02. The third-order valence-electron chi connectivity index (χ3n) is 8.30. The highest BCUT2D eigenvalue weighted by Crippen LogP contribution is 2.60. The minimum Gasteiger partial charge on any atom is -0.493 e. The lowest BCUT2D eigenvalue weighted by Crippen LogP contribution is -2.57. The summed E-state index contributed by atoms with van der Waals surface area (Å²) in [5, 5.41) is 1.26. The lowest BCUT2D eigenvalue weighted by molar-refractivity contribution is -0.152. The van der Waals surface area contributed by atoms with E-state index < -0.39 is 0 Å². The van der Waals surface area contributed by atoms with E-state index in [9.17, 15) is 9.59 Å². The zero-order valence-corrected chi connectivity index (χ0v) is 24.3. The average Bonchev–Trinajstić information content (AvgIpc) is 3.14. The van der Waals surface area contributed by atoms with Crippen LogP contribution in [0, 0.1) is 23.2 Å². The predicted molar refractivity (Wildman–Crippen MR) is 155 cm³/mol. The monoisotopic (exact) mass is 612 g/mol. The van der Waals surface area contributed by atoms with E-state index in [1.165, 1.54) is 36.0 Å². The molecule has 1 aliphatic heterocycles. The molecule has 9 heteroatoms. The van der Waals surface area contributed by atoms with E-state index in [1.807, 2.05) is 42.5 Å². The second-order valence-electron chi connectivity index (χ2n) is 11.0. The number of hydrogen-bond acceptors (Lipinski definition) is 6. The van der Waals surface area contributed by atoms with Gasteiger partial charge in [0.05, 0.1) is 21.9 Å². The third kappa shape index (κ3) is 4.89. The summed E-state index contributed by atoms with van der Waals surface area (Å²) in [5.74, 6) is 2.72. The normalized spacial score (nSPS) is 28.7. The molecule has 4 saturated carbocycles. The van der Waals surface area contributed by atoms with Crippen molar-refractivity contribution in [3.63, 3.8) is 0 Å². The fourth-order valence-corrected chi connectivity index (χ4v) is 8.77. The number of amides is 2. The van der Waals surface area contributed by atoms with Crippen LogP contribution in [0.25, 0.3) is 6.08 Å². The van der Waals surface area contributed by atoms with Crippen LogP contribution < -0.4 is 14.9 Å². The zero-order chi connectivity index (χ0) is 26.4. The number of thiocarbonyl (C=S) groups is 1. The average molecular weight is 614 g/mol. The van der Waals surface area contributed by atoms with E-state index in [2.05, 4.69) is 21.4 Å². The Balaban J connectivity index is 1.17. The molecular formula is C29H29BrN2O4S2. The third-order valence-corrected chi connectivity index (χ3v) is 10.2. The molecule has 1 saturated heterocycles. The number of hydrogen-bond donors (Lipinski definition) is 1. The Morgan fingerprint density at radius 3 is 2.45 bits per heavy atom. The lowest BCUT2D eigenvalue weighted by atomic mass is 9.49. The van der Waals surface area contributed by atoms with Crippen LogP contribution in [-0.2, 0) is 16.2 Å². The predicted octanol–water partition coefficient (Wildman–Crippen LogP) is 6.49. The van der Waals surface area contributed by atoms with Crippen LogP contribution in [0.3, 0.4) is 0 Å². The Hall–Kier alpha value is -2.36. The minimum absolute atomic E-state index is 0.0431. The summed E-state index contributed by atoms with van der Waals surface area (Å²) >= 11 is 10.3. The first-order valence-electron chi connectivity index (χ1n) is 13.0. The number of hydrazine groups is 1. The Morgan fingerprint density at radius 2 is 1.82 bits per heavy atom. The molecule has 4 aliphatic carbocycles. The second kappa shape index (κ2) is 10.3. The SMILES string of the molecule is COc1cc(/C=C2/SC(=S)N(NC(=O)C34CC5CC(CC(C5)C3)C4)C2=O)cc(Br)c1OCc1ccccc1. The van der Waals surface area contributed by atoms with Crippen molar-refractivity contribution >= 4 is 62.1 Å². The van der Waals surface area contributed by atoms with Crippen LogP contribution in [0.15, 0.2) is 51.8 Å². The standard InChI is InChI=1S/C29H29BrN2O4S2/c1-35-23-11-18(10-22(30)25(23)36-16-17-5-3-2-4-6-17)12-24-26(33)32(28(37)38-24)31-27(34)29-13-19-7-20(14-29)9-21(8-19)15-29/h2-6,10-12,19-21H,7-9,13-16H2,1H3,(H,31,34)/b24-12+. The first kappa shape index (κ1) is 25.9. The molecule has 1 heterocycles. The summed E-state index contributed by atoms with van der Waals surface area (Å²) in [6, 6.07) is 13.6. The number of halogens is 1. The molecule has 0 unspecified atom stereocenters. The molecule has 6 nitrogen and oxygen atoms in total. The van der Waals surface area contributed by atoms with Gasteiger partial charge in [-0.05, 0) is 114 Å². The smallest absolute Gasteiger partial charge is 0.285 e. The summed E-state index contributed by atoms with van der Waals surface area (Å²) in [4.78, 5) is 27.3. The number of thioether (sulfide) groups is 1. The van der Waals surface area contributed by atoms with Crippen molar-refractivity contribution in [3.8, 4) is 11.5 Å². The Bertz CT molecular complexity index is 1290. The maximum absolute atomic E-state index is 13.5. The highest BCUT2D eigenvalue weighted by atomic mass is 79.9. The van der Waals surface area contributed by atoms with Crippen molar-refractivity contribution in [1.82, 2.24) is 10.4 Å². The summed E-state index contributed by atoms with van der Waals surface area (Å²) in [6.07, 6.45) is 8.33. The summed E-state index contributed by atoms with van der Waals surface area (Å²) in [7, 11) is 1.58. The number of rotatable bonds is 7. The second-order valence-corrected chi connectivity index (χ2v) is 13.5. The topological polar surface area (TPSA) is 67.9 Å². The Labute approximate surface area is 240 Å². The van der Waals surface area contributed by atoms with Gasteiger partial charge in [0.25, 0.3) is 5.91 Å². The van der Waals surface area contributed by atoms with Gasteiger partial charge in [-0.1, -0.05) is 42.1 Å². The van der Waals surface area contributed by atoms with Crippen LogP contribution in [0.4, 0.5) is 0 Å². The highest BCUT2D eigenvalue weighted by Gasteiger charge is 2.55. The number of methoxy groups -OCH3 is 1. The maximum Gasteiger partial charge on any atom is 0.285 e. The van der Waals surface area contributed by atoms with Crippen LogP contribution in [-0.4, -0.2) is 28.3 Å². The molecule has 0 atom stereocenters. The molecule has 198 valence electrons. The van der Waals surface area contributed by atoms with Gasteiger partial charge in [0, 0.05) is 0 Å². The van der Waals surface area contributed by atoms with E-state index in [0.717, 1.165) is 30.4 Å². The Morgan fingerprint density at radius 1 is 1.16 bits per heavy atom. The lowest BCUT2D eigenvalue weighted by Gasteiger charge is -2.55. The van der Waals surface area contributed by atoms with Gasteiger partial charge in [0.15, 0.2) is 15.8 Å². The number of carbonyl (C=O) groups excluding carboxylic acids is 2. The molecule has 5 aliphatic rings. The van der Waals surface area contributed by atoms with E-state index in [4.69, 9.17) is 21.7 Å². The molecule has 2 aromatic rings. The van der Waals surface area contributed by atoms with Gasteiger partial charge in [-0.15, -0.1) is 0 Å². The van der Waals surface area contributed by atoms with E-state index in [-0.39, 0.29) is 17.2 Å². The van der Waals surface area contributed by atoms with Crippen LogP contribution in [0.5, 0.6) is 11.5 Å². The van der Waals surface area contributed by atoms with Crippen LogP contribution >= 0.6 is 39.9 Å². The minimum atomic E-state index is -0.352. The first-order chi connectivity index (χ1) is 18.3. The molecule has 0 spiro atoms. The van der Waals surface area contributed by atoms with E-state index >= 15 is 0 Å². The number of ether oxygens (including phenoxy) is 2. The van der Waals surface area contributed by atoms with Gasteiger partial charge < -0.3 is 9.47 Å². The summed E-state index contributed by atoms with van der Waals surface area (Å²) in [6.45, 7) is 0.400. The Kier molecular flexibility index (Phi) is 7.03. The van der Waals surface area contributed by atoms with Gasteiger partial charge in [-0.3, -0.25) is 15.0 Å². The molecule has 7 rings (SSSR count). The molecule has 2 amide bonds. The number of nitrogens with one attached hydrogen (secondary N) is 1. The van der Waals surface area contributed by atoms with Crippen LogP contribution in [0.2, 0.25) is 0 Å². The fraction of sp³-hybridized carbons (Fsp3) is 0.414. The van der Waals surface area contributed by atoms with E-state index in [0.29, 0.717) is 49.6 Å². The van der Waals surface area contributed by atoms with Crippen molar-refractivity contribution in [2.45, 2.75) is 45.1 Å². The zero-order valence-electron chi connectivity index (χ0n) is 21.1. The molecule has 0 aromatic heterocycles. The molecule has 0 radical (unpaired) electrons. The van der Waals surface area contributed by atoms with Gasteiger partial charge in [0.2, 0.25) is 5.91 Å². The van der Waals surface area contributed by atoms with E-state index in [1.54, 1.807) is 13.2 Å². The number of nitrogens with zero attached hydrogens (tertiary/aromatic N) is 1. The van der Waals surface area contributed by atoms with Crippen molar-refractivity contribution in [2.75, 3.05) is 7.11 Å². The molecule has 5 fully saturated rings. The quantitative estimate of drug-likeness (QED) is 0.285. The first-order valence-corrected chi connectivity index (χ1v) is 15.0. The van der Waals surface area contributed by atoms with Crippen molar-refractivity contribution < 1.29 is 19.1 Å². The van der Waals surface area contributed by atoms with Gasteiger partial charge in [-0.25, -0.2) is 0 Å². The van der Waals surface area contributed by atoms with Gasteiger partial charge in [0.1, 0.15) is 6.61 Å². The molecule has 1 N–H and O–H groups in total. The molecule has 4 bridgehead atoms. The highest BCUT2D eigenvalue weighted by molar-refractivity contribution is 9.10. The molecular weight excluding hydrogens is 584 g/mol. The number of carbonyl (C=O) groups is 2. The van der Waals surface area contributed by atoms with Gasteiger partial charge in [-0.2, -0.15) is 5.01 Å². The van der Waals surface area contributed by atoms with Crippen molar-refractivity contribution in [1.29, 1.82) is 0 Å². The summed E-state index contributed by atoms with van der Waals surface area (Å²) in [5.41, 5.74) is 4.37.